The second kappa shape index (κ2) is 7.79. The number of nitrogens with zero attached hydrogens (tertiary/aromatic N) is 3. The minimum Gasteiger partial charge on any atom is -0.512 e. The average molecular weight is 391 g/mol. The van der Waals surface area contributed by atoms with Crippen molar-refractivity contribution in [2.75, 3.05) is 0 Å². The molecular weight excluding hydrogens is 370 g/mol. The van der Waals surface area contributed by atoms with Gasteiger partial charge < -0.3 is 9.84 Å². The predicted molar refractivity (Wildman–Crippen MR) is 109 cm³/mol. The summed E-state index contributed by atoms with van der Waals surface area (Å²) in [5.41, 5.74) is 0.895. The Morgan fingerprint density at radius 3 is 2.34 bits per heavy atom. The SMILES string of the molecule is C/C(O)=C(\C(=O)OC(C)(C)C)C1=NC(=NC(=O)c2cccnc2)c2ccccc21. The van der Waals surface area contributed by atoms with Crippen LogP contribution in [0.3, 0.4) is 0 Å². The number of rotatable bonds is 3. The standard InChI is InChI=1S/C22H21N3O4/c1-13(26)17(21(28)29-22(2,3)4)18-15-9-5-6-10-16(15)19(24-18)25-20(27)14-8-7-11-23-12-14/h5-12,26H,1-4H3/b17-13+,25-19?. The maximum Gasteiger partial charge on any atom is 0.344 e. The zero-order valence-corrected chi connectivity index (χ0v) is 16.6. The van der Waals surface area contributed by atoms with E-state index >= 15 is 0 Å². The lowest BCUT2D eigenvalue weighted by Gasteiger charge is -2.21. The summed E-state index contributed by atoms with van der Waals surface area (Å²) in [6, 6.07) is 10.3. The van der Waals surface area contributed by atoms with Gasteiger partial charge in [0.15, 0.2) is 5.84 Å². The Morgan fingerprint density at radius 2 is 1.76 bits per heavy atom. The van der Waals surface area contributed by atoms with Gasteiger partial charge in [-0.15, -0.1) is 0 Å². The van der Waals surface area contributed by atoms with Gasteiger partial charge in [0.25, 0.3) is 5.91 Å². The number of fused-ring (bicyclic) bond motifs is 1. The highest BCUT2D eigenvalue weighted by Crippen LogP contribution is 2.26. The zero-order valence-electron chi connectivity index (χ0n) is 16.6. The predicted octanol–water partition coefficient (Wildman–Crippen LogP) is 3.65. The van der Waals surface area contributed by atoms with E-state index < -0.39 is 17.5 Å². The van der Waals surface area contributed by atoms with Crippen molar-refractivity contribution in [3.05, 3.63) is 76.8 Å². The maximum absolute atomic E-state index is 12.7. The Balaban J connectivity index is 2.08. The molecule has 2 aromatic rings. The van der Waals surface area contributed by atoms with Crippen molar-refractivity contribution in [1.29, 1.82) is 0 Å². The Labute approximate surface area is 168 Å². The summed E-state index contributed by atoms with van der Waals surface area (Å²) in [7, 11) is 0. The summed E-state index contributed by atoms with van der Waals surface area (Å²) in [4.78, 5) is 37.6. The Kier molecular flexibility index (Phi) is 5.41. The number of pyridine rings is 1. The molecule has 0 saturated heterocycles. The van der Waals surface area contributed by atoms with Gasteiger partial charge in [-0.05, 0) is 39.8 Å². The number of aromatic nitrogens is 1. The lowest BCUT2D eigenvalue weighted by Crippen LogP contribution is -2.28. The van der Waals surface area contributed by atoms with Gasteiger partial charge in [0, 0.05) is 23.5 Å². The molecule has 0 atom stereocenters. The number of ether oxygens (including phenoxy) is 1. The van der Waals surface area contributed by atoms with Crippen molar-refractivity contribution >= 4 is 23.4 Å². The fraction of sp³-hybridized carbons (Fsp3) is 0.227. The summed E-state index contributed by atoms with van der Waals surface area (Å²) in [6.45, 7) is 6.59. The van der Waals surface area contributed by atoms with Crippen molar-refractivity contribution in [3.8, 4) is 0 Å². The van der Waals surface area contributed by atoms with Crippen LogP contribution < -0.4 is 0 Å². The molecule has 7 heteroatoms. The number of aliphatic hydroxyl groups excluding tert-OH is 1. The third-order valence-electron chi connectivity index (χ3n) is 3.96. The Bertz CT molecular complexity index is 1060. The molecule has 0 bridgehead atoms. The normalized spacial score (nSPS) is 15.4. The quantitative estimate of drug-likeness (QED) is 0.489. The first-order valence-corrected chi connectivity index (χ1v) is 9.02. The van der Waals surface area contributed by atoms with E-state index in [0.29, 0.717) is 16.7 Å². The van der Waals surface area contributed by atoms with Crippen LogP contribution in [0.5, 0.6) is 0 Å². The largest absolute Gasteiger partial charge is 0.512 e. The van der Waals surface area contributed by atoms with Crippen LogP contribution >= 0.6 is 0 Å². The molecule has 0 fully saturated rings. The molecule has 7 nitrogen and oxygen atoms in total. The lowest BCUT2D eigenvalue weighted by atomic mass is 9.99. The molecule has 148 valence electrons. The number of carbonyl (C=O) groups excluding carboxylic acids is 2. The molecule has 3 rings (SSSR count). The number of aliphatic hydroxyl groups is 1. The van der Waals surface area contributed by atoms with E-state index in [1.165, 1.54) is 13.1 Å². The minimum atomic E-state index is -0.746. The van der Waals surface area contributed by atoms with Crippen molar-refractivity contribution in [3.63, 3.8) is 0 Å². The third-order valence-corrected chi connectivity index (χ3v) is 3.96. The first-order chi connectivity index (χ1) is 13.7. The van der Waals surface area contributed by atoms with E-state index in [1.807, 2.05) is 0 Å². The number of hydrogen-bond acceptors (Lipinski definition) is 5. The van der Waals surface area contributed by atoms with Gasteiger partial charge in [0.05, 0.1) is 11.3 Å². The molecule has 0 spiro atoms. The number of amidine groups is 1. The zero-order chi connectivity index (χ0) is 21.2. The number of esters is 1. The first-order valence-electron chi connectivity index (χ1n) is 9.02. The fourth-order valence-corrected chi connectivity index (χ4v) is 2.78. The summed E-state index contributed by atoms with van der Waals surface area (Å²) in [6.07, 6.45) is 2.98. The summed E-state index contributed by atoms with van der Waals surface area (Å²) < 4.78 is 5.42. The molecule has 1 amide bonds. The highest BCUT2D eigenvalue weighted by atomic mass is 16.6. The lowest BCUT2D eigenvalue weighted by molar-refractivity contribution is -0.149. The van der Waals surface area contributed by atoms with Crippen LogP contribution in [-0.4, -0.2) is 39.1 Å². The van der Waals surface area contributed by atoms with Gasteiger partial charge in [-0.25, -0.2) is 9.79 Å². The molecule has 1 aromatic carbocycles. The fourth-order valence-electron chi connectivity index (χ4n) is 2.78. The van der Waals surface area contributed by atoms with E-state index in [-0.39, 0.29) is 22.9 Å². The summed E-state index contributed by atoms with van der Waals surface area (Å²) >= 11 is 0. The van der Waals surface area contributed by atoms with Crippen molar-refractivity contribution in [2.24, 2.45) is 9.98 Å². The van der Waals surface area contributed by atoms with Crippen LogP contribution in [0.15, 0.2) is 70.1 Å². The van der Waals surface area contributed by atoms with E-state index in [1.54, 1.807) is 63.4 Å². The topological polar surface area (TPSA) is 101 Å². The molecule has 0 aliphatic carbocycles. The van der Waals surface area contributed by atoms with Crippen molar-refractivity contribution in [2.45, 2.75) is 33.3 Å². The van der Waals surface area contributed by atoms with Crippen LogP contribution in [0.4, 0.5) is 0 Å². The molecule has 2 heterocycles. The van der Waals surface area contributed by atoms with Crippen LogP contribution in [0.1, 0.15) is 49.2 Å². The van der Waals surface area contributed by atoms with Crippen molar-refractivity contribution < 1.29 is 19.4 Å². The number of aliphatic imine (C=N–C) groups is 2. The van der Waals surface area contributed by atoms with E-state index in [4.69, 9.17) is 4.74 Å². The van der Waals surface area contributed by atoms with E-state index in [2.05, 4.69) is 15.0 Å². The second-order valence-electron chi connectivity index (χ2n) is 7.45. The molecule has 1 aliphatic heterocycles. The molecule has 0 unspecified atom stereocenters. The Morgan fingerprint density at radius 1 is 1.07 bits per heavy atom. The van der Waals surface area contributed by atoms with Gasteiger partial charge in [-0.1, -0.05) is 24.3 Å². The monoisotopic (exact) mass is 391 g/mol. The van der Waals surface area contributed by atoms with Crippen LogP contribution in [0.2, 0.25) is 0 Å². The highest BCUT2D eigenvalue weighted by molar-refractivity contribution is 6.36. The highest BCUT2D eigenvalue weighted by Gasteiger charge is 2.32. The number of hydrogen-bond donors (Lipinski definition) is 1. The summed E-state index contributed by atoms with van der Waals surface area (Å²) in [5.74, 6) is -1.28. The van der Waals surface area contributed by atoms with Crippen LogP contribution in [0, 0.1) is 0 Å². The number of amides is 1. The van der Waals surface area contributed by atoms with Crippen LogP contribution in [0.25, 0.3) is 0 Å². The molecule has 29 heavy (non-hydrogen) atoms. The average Bonchev–Trinajstić information content (AvgIpc) is 2.99. The molecule has 1 N–H and O–H groups in total. The molecule has 0 radical (unpaired) electrons. The Hall–Kier alpha value is -3.61. The molecule has 1 aromatic heterocycles. The molecule has 0 saturated carbocycles. The maximum atomic E-state index is 12.7. The number of allylic oxidation sites excluding steroid dienone is 1. The van der Waals surface area contributed by atoms with E-state index in [9.17, 15) is 14.7 Å². The first kappa shape index (κ1) is 20.1. The second-order valence-corrected chi connectivity index (χ2v) is 7.45. The van der Waals surface area contributed by atoms with Gasteiger partial charge in [-0.3, -0.25) is 9.78 Å². The minimum absolute atomic E-state index is 0.0635. The van der Waals surface area contributed by atoms with Gasteiger partial charge >= 0.3 is 5.97 Å². The van der Waals surface area contributed by atoms with Gasteiger partial charge in [0.1, 0.15) is 16.9 Å². The smallest absolute Gasteiger partial charge is 0.344 e. The molecule has 1 aliphatic rings. The van der Waals surface area contributed by atoms with Gasteiger partial charge in [0.2, 0.25) is 0 Å². The molecular formula is C22H21N3O4. The van der Waals surface area contributed by atoms with Gasteiger partial charge in [-0.2, -0.15) is 4.99 Å². The summed E-state index contributed by atoms with van der Waals surface area (Å²) in [5, 5.41) is 10.2. The number of carbonyl (C=O) groups is 2. The van der Waals surface area contributed by atoms with E-state index in [0.717, 1.165) is 0 Å². The third kappa shape index (κ3) is 4.45. The number of benzene rings is 1. The van der Waals surface area contributed by atoms with Crippen molar-refractivity contribution in [1.82, 2.24) is 4.98 Å². The van der Waals surface area contributed by atoms with Crippen LogP contribution in [-0.2, 0) is 9.53 Å².